The van der Waals surface area contributed by atoms with Crippen LogP contribution in [0.1, 0.15) is 13.3 Å². The van der Waals surface area contributed by atoms with Crippen LogP contribution in [0.2, 0.25) is 0 Å². The average Bonchev–Trinajstić information content (AvgIpc) is 2.38. The highest BCUT2D eigenvalue weighted by Crippen LogP contribution is 2.15. The number of thioether (sulfide) groups is 1. The predicted molar refractivity (Wildman–Crippen MR) is 73.8 cm³/mol. The van der Waals surface area contributed by atoms with Crippen LogP contribution in [0.5, 0.6) is 0 Å². The first-order valence-electron chi connectivity index (χ1n) is 6.56. The van der Waals surface area contributed by atoms with Crippen LogP contribution in [0.25, 0.3) is 0 Å². The zero-order chi connectivity index (χ0) is 11.9. The van der Waals surface area contributed by atoms with Crippen LogP contribution in [-0.4, -0.2) is 61.8 Å². The fourth-order valence-electron chi connectivity index (χ4n) is 1.99. The first-order chi connectivity index (χ1) is 8.34. The maximum atomic E-state index is 5.33. The number of aliphatic imine (C=N–C) groups is 1. The van der Waals surface area contributed by atoms with Crippen LogP contribution >= 0.6 is 11.8 Å². The second-order valence-electron chi connectivity index (χ2n) is 4.80. The van der Waals surface area contributed by atoms with Crippen molar-refractivity contribution in [3.63, 3.8) is 0 Å². The molecule has 1 saturated heterocycles. The standard InChI is InChI=1S/C12H23N3OS/c1-11-9-14-12(17-10-11)13-3-2-4-15-5-7-16-8-6-15/h11H,2-10H2,1H3,(H,13,14). The summed E-state index contributed by atoms with van der Waals surface area (Å²) in [5.74, 6) is 1.94. The van der Waals surface area contributed by atoms with Gasteiger partial charge in [-0.25, -0.2) is 0 Å². The summed E-state index contributed by atoms with van der Waals surface area (Å²) in [5.41, 5.74) is 0. The molecule has 2 heterocycles. The molecule has 0 aromatic heterocycles. The fourth-order valence-corrected chi connectivity index (χ4v) is 2.91. The molecule has 2 aliphatic heterocycles. The minimum Gasteiger partial charge on any atom is -0.379 e. The maximum Gasteiger partial charge on any atom is 0.156 e. The molecule has 0 saturated carbocycles. The van der Waals surface area contributed by atoms with E-state index in [0.717, 1.165) is 50.5 Å². The summed E-state index contributed by atoms with van der Waals surface area (Å²) in [5, 5.41) is 4.58. The van der Waals surface area contributed by atoms with Gasteiger partial charge in [-0.2, -0.15) is 0 Å². The minimum atomic E-state index is 0.735. The lowest BCUT2D eigenvalue weighted by Crippen LogP contribution is -2.38. The van der Waals surface area contributed by atoms with Crippen LogP contribution < -0.4 is 5.32 Å². The molecule has 0 spiro atoms. The third-order valence-electron chi connectivity index (χ3n) is 3.08. The van der Waals surface area contributed by atoms with E-state index in [1.54, 1.807) is 0 Å². The summed E-state index contributed by atoms with van der Waals surface area (Å²) in [6.07, 6.45) is 1.19. The molecule has 1 fully saturated rings. The van der Waals surface area contributed by atoms with Crippen molar-refractivity contribution in [2.75, 3.05) is 51.7 Å². The van der Waals surface area contributed by atoms with Gasteiger partial charge in [0.1, 0.15) is 0 Å². The molecule has 0 bridgehead atoms. The number of nitrogens with zero attached hydrogens (tertiary/aromatic N) is 2. The molecule has 0 aromatic rings. The first kappa shape index (κ1) is 13.2. The van der Waals surface area contributed by atoms with Gasteiger partial charge in [0.05, 0.1) is 13.2 Å². The molecule has 1 unspecified atom stereocenters. The van der Waals surface area contributed by atoms with Gasteiger partial charge >= 0.3 is 0 Å². The lowest BCUT2D eigenvalue weighted by atomic mass is 10.2. The van der Waals surface area contributed by atoms with Gasteiger partial charge in [0.25, 0.3) is 0 Å². The second-order valence-corrected chi connectivity index (χ2v) is 5.81. The molecule has 17 heavy (non-hydrogen) atoms. The monoisotopic (exact) mass is 257 g/mol. The molecule has 98 valence electrons. The number of hydrogen-bond donors (Lipinski definition) is 1. The lowest BCUT2D eigenvalue weighted by Gasteiger charge is -2.26. The van der Waals surface area contributed by atoms with Gasteiger partial charge in [0.15, 0.2) is 5.17 Å². The lowest BCUT2D eigenvalue weighted by molar-refractivity contribution is 0.0376. The molecule has 0 aliphatic carbocycles. The SMILES string of the molecule is CC1CN=C(NCCCN2CCOCC2)SC1. The summed E-state index contributed by atoms with van der Waals surface area (Å²) in [6.45, 7) is 9.43. The Morgan fingerprint density at radius 3 is 3.00 bits per heavy atom. The zero-order valence-electron chi connectivity index (χ0n) is 10.7. The Bertz CT molecular complexity index is 254. The van der Waals surface area contributed by atoms with E-state index in [1.165, 1.54) is 18.7 Å². The maximum absolute atomic E-state index is 5.33. The fraction of sp³-hybridized carbons (Fsp3) is 0.917. The number of nitrogens with one attached hydrogen (secondary N) is 1. The highest BCUT2D eigenvalue weighted by molar-refractivity contribution is 8.13. The Balaban J connectivity index is 1.53. The van der Waals surface area contributed by atoms with Gasteiger partial charge in [-0.05, 0) is 18.9 Å². The molecule has 2 aliphatic rings. The van der Waals surface area contributed by atoms with Crippen molar-refractivity contribution in [1.82, 2.24) is 10.2 Å². The topological polar surface area (TPSA) is 36.9 Å². The Kier molecular flexibility index (Phi) is 5.61. The second kappa shape index (κ2) is 7.24. The molecule has 4 nitrogen and oxygen atoms in total. The summed E-state index contributed by atoms with van der Waals surface area (Å²) in [7, 11) is 0. The number of amidine groups is 1. The predicted octanol–water partition coefficient (Wildman–Crippen LogP) is 1.04. The minimum absolute atomic E-state index is 0.735. The zero-order valence-corrected chi connectivity index (χ0v) is 11.5. The first-order valence-corrected chi connectivity index (χ1v) is 7.54. The van der Waals surface area contributed by atoms with Gasteiger partial charge in [-0.15, -0.1) is 0 Å². The molecular formula is C12H23N3OS. The van der Waals surface area contributed by atoms with E-state index in [1.807, 2.05) is 11.8 Å². The highest BCUT2D eigenvalue weighted by Gasteiger charge is 2.12. The Morgan fingerprint density at radius 2 is 2.29 bits per heavy atom. The van der Waals surface area contributed by atoms with Crippen molar-refractivity contribution in [2.24, 2.45) is 10.9 Å². The molecule has 1 N–H and O–H groups in total. The number of rotatable bonds is 4. The summed E-state index contributed by atoms with van der Waals surface area (Å²) in [6, 6.07) is 0. The normalized spacial score (nSPS) is 26.6. The van der Waals surface area contributed by atoms with Crippen molar-refractivity contribution < 1.29 is 4.74 Å². The smallest absolute Gasteiger partial charge is 0.156 e. The molecule has 5 heteroatoms. The van der Waals surface area contributed by atoms with Gasteiger partial charge in [0, 0.05) is 31.9 Å². The quantitative estimate of drug-likeness (QED) is 0.764. The Labute approximate surface area is 108 Å². The molecule has 0 amide bonds. The summed E-state index contributed by atoms with van der Waals surface area (Å²) in [4.78, 5) is 7.00. The van der Waals surface area contributed by atoms with Crippen molar-refractivity contribution in [1.29, 1.82) is 0 Å². The van der Waals surface area contributed by atoms with Gasteiger partial charge in [-0.1, -0.05) is 18.7 Å². The third kappa shape index (κ3) is 4.85. The number of hydrogen-bond acceptors (Lipinski definition) is 5. The van der Waals surface area contributed by atoms with E-state index in [9.17, 15) is 0 Å². The van der Waals surface area contributed by atoms with Crippen molar-refractivity contribution >= 4 is 16.9 Å². The van der Waals surface area contributed by atoms with Crippen LogP contribution in [0.4, 0.5) is 0 Å². The van der Waals surface area contributed by atoms with Crippen LogP contribution in [0.3, 0.4) is 0 Å². The van der Waals surface area contributed by atoms with Gasteiger partial charge < -0.3 is 10.1 Å². The summed E-state index contributed by atoms with van der Waals surface area (Å²) >= 11 is 1.86. The van der Waals surface area contributed by atoms with Crippen molar-refractivity contribution in [3.05, 3.63) is 0 Å². The van der Waals surface area contributed by atoms with Crippen LogP contribution in [0, 0.1) is 5.92 Å². The van der Waals surface area contributed by atoms with E-state index >= 15 is 0 Å². The number of ether oxygens (including phenoxy) is 1. The average molecular weight is 257 g/mol. The van der Waals surface area contributed by atoms with E-state index in [2.05, 4.69) is 22.1 Å². The molecule has 2 rings (SSSR count). The molecule has 0 radical (unpaired) electrons. The Hall–Kier alpha value is -0.260. The summed E-state index contributed by atoms with van der Waals surface area (Å²) < 4.78 is 5.33. The van der Waals surface area contributed by atoms with Crippen molar-refractivity contribution in [3.8, 4) is 0 Å². The molecule has 1 atom stereocenters. The third-order valence-corrected chi connectivity index (χ3v) is 4.36. The highest BCUT2D eigenvalue weighted by atomic mass is 32.2. The van der Waals surface area contributed by atoms with E-state index < -0.39 is 0 Å². The van der Waals surface area contributed by atoms with Crippen LogP contribution in [0.15, 0.2) is 4.99 Å². The van der Waals surface area contributed by atoms with Gasteiger partial charge in [-0.3, -0.25) is 9.89 Å². The Morgan fingerprint density at radius 1 is 1.47 bits per heavy atom. The van der Waals surface area contributed by atoms with Crippen molar-refractivity contribution in [2.45, 2.75) is 13.3 Å². The van der Waals surface area contributed by atoms with E-state index in [-0.39, 0.29) is 0 Å². The van der Waals surface area contributed by atoms with Crippen LogP contribution in [-0.2, 0) is 4.74 Å². The number of morpholine rings is 1. The molecular weight excluding hydrogens is 234 g/mol. The van der Waals surface area contributed by atoms with E-state index in [0.29, 0.717) is 0 Å². The largest absolute Gasteiger partial charge is 0.379 e. The van der Waals surface area contributed by atoms with Gasteiger partial charge in [0.2, 0.25) is 0 Å². The molecule has 0 aromatic carbocycles. The van der Waals surface area contributed by atoms with E-state index in [4.69, 9.17) is 4.74 Å².